The first-order valence-electron chi connectivity index (χ1n) is 4.79. The SMILES string of the molecule is COc1cc(C)c2c(N)c(C(C)=O)sc2n1. The summed E-state index contributed by atoms with van der Waals surface area (Å²) in [5.41, 5.74) is 7.44. The first kappa shape index (κ1) is 10.9. The molecule has 16 heavy (non-hydrogen) atoms. The van der Waals surface area contributed by atoms with E-state index in [1.165, 1.54) is 18.3 Å². The highest BCUT2D eigenvalue weighted by Gasteiger charge is 2.16. The number of aryl methyl sites for hydroxylation is 1. The van der Waals surface area contributed by atoms with Gasteiger partial charge in [0.25, 0.3) is 0 Å². The van der Waals surface area contributed by atoms with Gasteiger partial charge in [0.05, 0.1) is 17.7 Å². The Kier molecular flexibility index (Phi) is 2.55. The summed E-state index contributed by atoms with van der Waals surface area (Å²) in [6, 6.07) is 1.81. The second-order valence-electron chi connectivity index (χ2n) is 3.56. The van der Waals surface area contributed by atoms with Crippen molar-refractivity contribution < 1.29 is 9.53 Å². The number of nitrogens with two attached hydrogens (primary N) is 1. The van der Waals surface area contributed by atoms with E-state index in [0.717, 1.165) is 15.8 Å². The second kappa shape index (κ2) is 3.75. The van der Waals surface area contributed by atoms with E-state index >= 15 is 0 Å². The van der Waals surface area contributed by atoms with Crippen molar-refractivity contribution in [2.75, 3.05) is 12.8 Å². The predicted octanol–water partition coefficient (Wildman–Crippen LogP) is 2.40. The predicted molar refractivity (Wildman–Crippen MR) is 65.3 cm³/mol. The standard InChI is InChI=1S/C11H12N2O2S/c1-5-4-7(15-3)13-11-8(5)9(12)10(16-11)6(2)14/h4H,12H2,1-3H3. The number of Topliss-reactive ketones (excluding diaryl/α,β-unsaturated/α-hetero) is 1. The van der Waals surface area contributed by atoms with Crippen LogP contribution in [-0.4, -0.2) is 17.9 Å². The maximum absolute atomic E-state index is 11.4. The molecule has 4 nitrogen and oxygen atoms in total. The minimum atomic E-state index is -0.0288. The van der Waals surface area contributed by atoms with E-state index in [9.17, 15) is 4.79 Å². The molecule has 0 amide bonds. The number of aromatic nitrogens is 1. The molecule has 0 saturated carbocycles. The molecule has 0 aliphatic heterocycles. The lowest BCUT2D eigenvalue weighted by molar-refractivity contribution is 0.102. The van der Waals surface area contributed by atoms with Crippen LogP contribution >= 0.6 is 11.3 Å². The average molecular weight is 236 g/mol. The van der Waals surface area contributed by atoms with Gasteiger partial charge >= 0.3 is 0 Å². The van der Waals surface area contributed by atoms with Crippen LogP contribution in [0.5, 0.6) is 5.88 Å². The molecule has 2 aromatic heterocycles. The first-order valence-corrected chi connectivity index (χ1v) is 5.60. The normalized spacial score (nSPS) is 10.7. The lowest BCUT2D eigenvalue weighted by Crippen LogP contribution is -1.95. The second-order valence-corrected chi connectivity index (χ2v) is 4.56. The number of fused-ring (bicyclic) bond motifs is 1. The number of hydrogen-bond acceptors (Lipinski definition) is 5. The van der Waals surface area contributed by atoms with Gasteiger partial charge in [0.1, 0.15) is 4.83 Å². The van der Waals surface area contributed by atoms with E-state index in [2.05, 4.69) is 4.98 Å². The zero-order valence-corrected chi connectivity index (χ0v) is 10.1. The quantitative estimate of drug-likeness (QED) is 0.813. The van der Waals surface area contributed by atoms with Gasteiger partial charge < -0.3 is 10.5 Å². The molecule has 0 radical (unpaired) electrons. The summed E-state index contributed by atoms with van der Waals surface area (Å²) in [7, 11) is 1.57. The van der Waals surface area contributed by atoms with Crippen LogP contribution in [-0.2, 0) is 0 Å². The minimum Gasteiger partial charge on any atom is -0.481 e. The summed E-state index contributed by atoms with van der Waals surface area (Å²) in [6.07, 6.45) is 0. The number of nitrogens with zero attached hydrogens (tertiary/aromatic N) is 1. The molecule has 2 aromatic rings. The number of pyridine rings is 1. The molecule has 0 aliphatic carbocycles. The number of carbonyl (C=O) groups excluding carboxylic acids is 1. The van der Waals surface area contributed by atoms with E-state index in [-0.39, 0.29) is 5.78 Å². The lowest BCUT2D eigenvalue weighted by Gasteiger charge is -2.01. The summed E-state index contributed by atoms with van der Waals surface area (Å²) < 4.78 is 5.08. The Hall–Kier alpha value is -1.62. The number of thiophene rings is 1. The summed E-state index contributed by atoms with van der Waals surface area (Å²) in [5.74, 6) is 0.514. The average Bonchev–Trinajstić information content (AvgIpc) is 2.56. The molecule has 0 unspecified atom stereocenters. The van der Waals surface area contributed by atoms with E-state index in [1.54, 1.807) is 7.11 Å². The highest BCUT2D eigenvalue weighted by molar-refractivity contribution is 7.21. The summed E-state index contributed by atoms with van der Waals surface area (Å²) in [4.78, 5) is 17.0. The topological polar surface area (TPSA) is 65.2 Å². The van der Waals surface area contributed by atoms with Crippen molar-refractivity contribution in [3.05, 3.63) is 16.5 Å². The Bertz CT molecular complexity index is 575. The van der Waals surface area contributed by atoms with Crippen LogP contribution in [0.3, 0.4) is 0 Å². The minimum absolute atomic E-state index is 0.0288. The Labute approximate surface area is 97.0 Å². The van der Waals surface area contributed by atoms with Gasteiger partial charge in [0, 0.05) is 18.4 Å². The van der Waals surface area contributed by atoms with E-state index in [1.807, 2.05) is 13.0 Å². The Morgan fingerprint density at radius 3 is 2.81 bits per heavy atom. The molecule has 0 aliphatic rings. The van der Waals surface area contributed by atoms with Crippen LogP contribution in [0.1, 0.15) is 22.2 Å². The van der Waals surface area contributed by atoms with Gasteiger partial charge in [-0.15, -0.1) is 11.3 Å². The molecule has 0 fully saturated rings. The fraction of sp³-hybridized carbons (Fsp3) is 0.273. The number of rotatable bonds is 2. The molecule has 2 rings (SSSR count). The molecule has 84 valence electrons. The first-order chi connectivity index (χ1) is 7.54. The Balaban J connectivity index is 2.80. The molecule has 0 aromatic carbocycles. The van der Waals surface area contributed by atoms with Gasteiger partial charge in [-0.3, -0.25) is 4.79 Å². The summed E-state index contributed by atoms with van der Waals surface area (Å²) in [5, 5.41) is 0.857. The van der Waals surface area contributed by atoms with Gasteiger partial charge in [0.15, 0.2) is 5.78 Å². The van der Waals surface area contributed by atoms with Crippen LogP contribution in [0.2, 0.25) is 0 Å². The van der Waals surface area contributed by atoms with Gasteiger partial charge in [-0.05, 0) is 12.5 Å². The number of ketones is 1. The molecule has 0 spiro atoms. The number of nitrogen functional groups attached to an aromatic ring is 1. The molecular formula is C11H12N2O2S. The van der Waals surface area contributed by atoms with Crippen LogP contribution in [0, 0.1) is 6.92 Å². The zero-order valence-electron chi connectivity index (χ0n) is 9.33. The van der Waals surface area contributed by atoms with Gasteiger partial charge in [-0.25, -0.2) is 4.98 Å². The van der Waals surface area contributed by atoms with Crippen LogP contribution in [0.25, 0.3) is 10.2 Å². The molecule has 2 N–H and O–H groups in total. The number of carbonyl (C=O) groups is 1. The fourth-order valence-corrected chi connectivity index (χ4v) is 2.70. The van der Waals surface area contributed by atoms with Crippen molar-refractivity contribution in [2.24, 2.45) is 0 Å². The van der Waals surface area contributed by atoms with E-state index < -0.39 is 0 Å². The monoisotopic (exact) mass is 236 g/mol. The maximum atomic E-state index is 11.4. The van der Waals surface area contributed by atoms with Crippen LogP contribution in [0.15, 0.2) is 6.07 Å². The Morgan fingerprint density at radius 1 is 1.56 bits per heavy atom. The molecular weight excluding hydrogens is 224 g/mol. The van der Waals surface area contributed by atoms with Crippen LogP contribution < -0.4 is 10.5 Å². The molecule has 0 bridgehead atoms. The number of hydrogen-bond donors (Lipinski definition) is 1. The van der Waals surface area contributed by atoms with Gasteiger partial charge in [-0.1, -0.05) is 0 Å². The third-order valence-electron chi connectivity index (χ3n) is 2.40. The Morgan fingerprint density at radius 2 is 2.25 bits per heavy atom. The number of anilines is 1. The third-order valence-corrected chi connectivity index (χ3v) is 3.60. The fourth-order valence-electron chi connectivity index (χ4n) is 1.65. The maximum Gasteiger partial charge on any atom is 0.214 e. The van der Waals surface area contributed by atoms with Crippen molar-refractivity contribution >= 4 is 33.0 Å². The third kappa shape index (κ3) is 1.53. The number of methoxy groups -OCH3 is 1. The molecule has 0 saturated heterocycles. The van der Waals surface area contributed by atoms with E-state index in [0.29, 0.717) is 16.4 Å². The molecule has 5 heteroatoms. The summed E-state index contributed by atoms with van der Waals surface area (Å²) in [6.45, 7) is 3.44. The van der Waals surface area contributed by atoms with Gasteiger partial charge in [0.2, 0.25) is 5.88 Å². The molecule has 0 atom stereocenters. The summed E-state index contributed by atoms with van der Waals surface area (Å²) >= 11 is 1.31. The van der Waals surface area contributed by atoms with Crippen molar-refractivity contribution in [1.29, 1.82) is 0 Å². The number of ether oxygens (including phenoxy) is 1. The lowest BCUT2D eigenvalue weighted by atomic mass is 10.1. The van der Waals surface area contributed by atoms with Crippen LogP contribution in [0.4, 0.5) is 5.69 Å². The molecule has 2 heterocycles. The smallest absolute Gasteiger partial charge is 0.214 e. The van der Waals surface area contributed by atoms with Crippen molar-refractivity contribution in [3.8, 4) is 5.88 Å². The van der Waals surface area contributed by atoms with Crippen molar-refractivity contribution in [3.63, 3.8) is 0 Å². The largest absolute Gasteiger partial charge is 0.481 e. The van der Waals surface area contributed by atoms with Crippen molar-refractivity contribution in [2.45, 2.75) is 13.8 Å². The highest BCUT2D eigenvalue weighted by Crippen LogP contribution is 2.36. The highest BCUT2D eigenvalue weighted by atomic mass is 32.1. The zero-order chi connectivity index (χ0) is 11.9. The van der Waals surface area contributed by atoms with Crippen molar-refractivity contribution in [1.82, 2.24) is 4.98 Å². The van der Waals surface area contributed by atoms with E-state index in [4.69, 9.17) is 10.5 Å². The van der Waals surface area contributed by atoms with Gasteiger partial charge in [-0.2, -0.15) is 0 Å².